The van der Waals surface area contributed by atoms with Gasteiger partial charge in [-0.3, -0.25) is 19.9 Å². The van der Waals surface area contributed by atoms with Crippen molar-refractivity contribution in [3.8, 4) is 0 Å². The van der Waals surface area contributed by atoms with Crippen molar-refractivity contribution in [1.29, 1.82) is 0 Å². The number of aryl methyl sites for hydroxylation is 2. The Morgan fingerprint density at radius 1 is 1.50 bits per heavy atom. The Morgan fingerprint density at radius 3 is 2.80 bits per heavy atom. The highest BCUT2D eigenvalue weighted by Crippen LogP contribution is 2.26. The molecule has 0 saturated carbocycles. The molecule has 0 unspecified atom stereocenters. The molecular formula is C10H11F3N6O. The number of rotatable bonds is 4. The lowest BCUT2D eigenvalue weighted by molar-refractivity contribution is -0.144. The molecule has 7 nitrogen and oxygen atoms in total. The van der Waals surface area contributed by atoms with Gasteiger partial charge in [-0.15, -0.1) is 5.10 Å². The summed E-state index contributed by atoms with van der Waals surface area (Å²) >= 11 is 0. The summed E-state index contributed by atoms with van der Waals surface area (Å²) in [5, 5.41) is 11.1. The van der Waals surface area contributed by atoms with E-state index >= 15 is 0 Å². The van der Waals surface area contributed by atoms with Crippen LogP contribution in [0.1, 0.15) is 17.8 Å². The van der Waals surface area contributed by atoms with Gasteiger partial charge in [0.25, 0.3) is 0 Å². The van der Waals surface area contributed by atoms with Crippen LogP contribution in [0, 0.1) is 0 Å². The van der Waals surface area contributed by atoms with Gasteiger partial charge in [-0.2, -0.15) is 23.3 Å². The zero-order valence-electron chi connectivity index (χ0n) is 10.4. The van der Waals surface area contributed by atoms with Crippen LogP contribution in [0.3, 0.4) is 0 Å². The molecule has 2 aromatic heterocycles. The van der Waals surface area contributed by atoms with E-state index in [1.54, 1.807) is 29.2 Å². The van der Waals surface area contributed by atoms with Gasteiger partial charge >= 0.3 is 6.18 Å². The lowest BCUT2D eigenvalue weighted by Gasteiger charge is -2.00. The molecule has 10 heteroatoms. The van der Waals surface area contributed by atoms with Crippen molar-refractivity contribution in [2.24, 2.45) is 7.05 Å². The molecule has 0 aliphatic carbocycles. The van der Waals surface area contributed by atoms with E-state index in [1.165, 1.54) is 0 Å². The minimum Gasteiger partial charge on any atom is -0.293 e. The summed E-state index contributed by atoms with van der Waals surface area (Å²) in [6.45, 7) is 0. The number of anilines is 1. The maximum Gasteiger partial charge on any atom is 0.451 e. The largest absolute Gasteiger partial charge is 0.451 e. The summed E-state index contributed by atoms with van der Waals surface area (Å²) in [6.07, 6.45) is -0.729. The summed E-state index contributed by atoms with van der Waals surface area (Å²) in [4.78, 5) is 14.7. The molecule has 0 bridgehead atoms. The number of aromatic nitrogens is 5. The monoisotopic (exact) mass is 288 g/mol. The molecule has 2 heterocycles. The highest BCUT2D eigenvalue weighted by atomic mass is 19.4. The fourth-order valence-corrected chi connectivity index (χ4v) is 1.49. The van der Waals surface area contributed by atoms with Crippen LogP contribution in [-0.2, 0) is 24.4 Å². The van der Waals surface area contributed by atoms with Crippen LogP contribution in [0.2, 0.25) is 0 Å². The molecule has 2 aromatic rings. The number of amides is 1. The molecule has 108 valence electrons. The number of nitrogens with zero attached hydrogens (tertiary/aromatic N) is 4. The number of aromatic amines is 1. The molecule has 0 aliphatic heterocycles. The van der Waals surface area contributed by atoms with E-state index < -0.39 is 23.9 Å². The second-order valence-electron chi connectivity index (χ2n) is 4.08. The lowest BCUT2D eigenvalue weighted by atomic mass is 10.2. The standard InChI is InChI=1S/C10H11F3N6O/c1-19-5-6(4-14-19)2-3-7(20)15-9-16-8(17-18-9)10(11,12)13/h4-5H,2-3H2,1H3,(H2,15,16,17,18,20). The summed E-state index contributed by atoms with van der Waals surface area (Å²) in [7, 11) is 1.75. The maximum absolute atomic E-state index is 12.3. The van der Waals surface area contributed by atoms with Gasteiger partial charge in [0, 0.05) is 19.7 Å². The summed E-state index contributed by atoms with van der Waals surface area (Å²) < 4.78 is 38.4. The Hall–Kier alpha value is -2.39. The van der Waals surface area contributed by atoms with E-state index in [1.807, 2.05) is 0 Å². The van der Waals surface area contributed by atoms with Crippen molar-refractivity contribution in [1.82, 2.24) is 25.0 Å². The lowest BCUT2D eigenvalue weighted by Crippen LogP contribution is -2.13. The van der Waals surface area contributed by atoms with Gasteiger partial charge in [-0.05, 0) is 12.0 Å². The average molecular weight is 288 g/mol. The Balaban J connectivity index is 1.87. The van der Waals surface area contributed by atoms with Crippen molar-refractivity contribution in [2.75, 3.05) is 5.32 Å². The number of H-pyrrole nitrogens is 1. The Morgan fingerprint density at radius 2 is 2.25 bits per heavy atom. The maximum atomic E-state index is 12.3. The number of alkyl halides is 3. The van der Waals surface area contributed by atoms with E-state index in [0.717, 1.165) is 5.56 Å². The Kier molecular flexibility index (Phi) is 3.72. The third kappa shape index (κ3) is 3.56. The molecule has 0 aliphatic rings. The first kappa shape index (κ1) is 14.0. The van der Waals surface area contributed by atoms with E-state index in [4.69, 9.17) is 0 Å². The van der Waals surface area contributed by atoms with Gasteiger partial charge in [0.2, 0.25) is 17.7 Å². The Labute approximate surface area is 111 Å². The average Bonchev–Trinajstić information content (AvgIpc) is 2.95. The van der Waals surface area contributed by atoms with Crippen LogP contribution in [-0.4, -0.2) is 30.9 Å². The second kappa shape index (κ2) is 5.31. The Bertz CT molecular complexity index is 602. The van der Waals surface area contributed by atoms with Crippen molar-refractivity contribution in [3.05, 3.63) is 23.8 Å². The first-order chi connectivity index (χ1) is 9.34. The third-order valence-corrected chi connectivity index (χ3v) is 2.40. The molecule has 0 spiro atoms. The number of carbonyl (C=O) groups is 1. The van der Waals surface area contributed by atoms with Gasteiger partial charge in [0.1, 0.15) is 0 Å². The van der Waals surface area contributed by atoms with Crippen molar-refractivity contribution >= 4 is 11.9 Å². The van der Waals surface area contributed by atoms with Crippen molar-refractivity contribution < 1.29 is 18.0 Å². The molecule has 2 N–H and O–H groups in total. The first-order valence-corrected chi connectivity index (χ1v) is 5.61. The summed E-state index contributed by atoms with van der Waals surface area (Å²) in [6, 6.07) is 0. The molecule has 2 rings (SSSR count). The van der Waals surface area contributed by atoms with Crippen molar-refractivity contribution in [3.63, 3.8) is 0 Å². The SMILES string of the molecule is Cn1cc(CCC(=O)Nc2n[nH]c(C(F)(F)F)n2)cn1. The van der Waals surface area contributed by atoms with Crippen LogP contribution in [0.15, 0.2) is 12.4 Å². The minimum atomic E-state index is -4.62. The number of hydrogen-bond donors (Lipinski definition) is 2. The first-order valence-electron chi connectivity index (χ1n) is 5.61. The summed E-state index contributed by atoms with van der Waals surface area (Å²) in [5.41, 5.74) is 0.855. The van der Waals surface area contributed by atoms with E-state index in [-0.39, 0.29) is 6.42 Å². The second-order valence-corrected chi connectivity index (χ2v) is 4.08. The van der Waals surface area contributed by atoms with E-state index in [0.29, 0.717) is 6.42 Å². The third-order valence-electron chi connectivity index (χ3n) is 2.40. The molecule has 20 heavy (non-hydrogen) atoms. The van der Waals surface area contributed by atoms with E-state index in [9.17, 15) is 18.0 Å². The normalized spacial score (nSPS) is 11.6. The highest BCUT2D eigenvalue weighted by molar-refractivity contribution is 5.88. The smallest absolute Gasteiger partial charge is 0.293 e. The van der Waals surface area contributed by atoms with Gasteiger partial charge in [0.05, 0.1) is 6.20 Å². The van der Waals surface area contributed by atoms with Gasteiger partial charge in [-0.25, -0.2) is 0 Å². The van der Waals surface area contributed by atoms with Gasteiger partial charge in [-0.1, -0.05) is 0 Å². The predicted molar refractivity (Wildman–Crippen MR) is 61.5 cm³/mol. The molecule has 1 amide bonds. The summed E-state index contributed by atoms with van der Waals surface area (Å²) in [5.74, 6) is -2.12. The van der Waals surface area contributed by atoms with Gasteiger partial charge in [0.15, 0.2) is 0 Å². The molecule has 0 saturated heterocycles. The topological polar surface area (TPSA) is 88.5 Å². The predicted octanol–water partition coefficient (Wildman–Crippen LogP) is 1.13. The van der Waals surface area contributed by atoms with Gasteiger partial charge < -0.3 is 0 Å². The zero-order valence-corrected chi connectivity index (χ0v) is 10.4. The fourth-order valence-electron chi connectivity index (χ4n) is 1.49. The molecule has 0 fully saturated rings. The zero-order chi connectivity index (χ0) is 14.8. The van der Waals surface area contributed by atoms with Crippen LogP contribution < -0.4 is 5.32 Å². The number of halogens is 3. The molecular weight excluding hydrogens is 277 g/mol. The van der Waals surface area contributed by atoms with Crippen LogP contribution >= 0.6 is 0 Å². The molecule has 0 radical (unpaired) electrons. The van der Waals surface area contributed by atoms with Crippen LogP contribution in [0.5, 0.6) is 0 Å². The highest BCUT2D eigenvalue weighted by Gasteiger charge is 2.35. The quantitative estimate of drug-likeness (QED) is 0.882. The fraction of sp³-hybridized carbons (Fsp3) is 0.400. The number of carbonyl (C=O) groups excluding carboxylic acids is 1. The van der Waals surface area contributed by atoms with Crippen LogP contribution in [0.4, 0.5) is 19.1 Å². The van der Waals surface area contributed by atoms with E-state index in [2.05, 4.69) is 20.5 Å². The number of nitrogens with one attached hydrogen (secondary N) is 2. The molecule has 0 aromatic carbocycles. The van der Waals surface area contributed by atoms with Crippen LogP contribution in [0.25, 0.3) is 0 Å². The van der Waals surface area contributed by atoms with Crippen molar-refractivity contribution in [2.45, 2.75) is 19.0 Å². The number of hydrogen-bond acceptors (Lipinski definition) is 4. The minimum absolute atomic E-state index is 0.0988. The molecule has 0 atom stereocenters.